The standard InChI is InChI=1S/C12H20/c1-4-5-11-6-8-12(9-7-11)10(2)3/h4,11H,1,5-9H2,2-3H3. The van der Waals surface area contributed by atoms with Gasteiger partial charge >= 0.3 is 0 Å². The molecule has 0 aromatic carbocycles. The van der Waals surface area contributed by atoms with Crippen LogP contribution in [0.25, 0.3) is 0 Å². The molecule has 1 saturated carbocycles. The molecular weight excluding hydrogens is 144 g/mol. The van der Waals surface area contributed by atoms with E-state index in [4.69, 9.17) is 0 Å². The lowest BCUT2D eigenvalue weighted by atomic mass is 9.82. The third-order valence-corrected chi connectivity index (χ3v) is 2.92. The Hall–Kier alpha value is -0.520. The lowest BCUT2D eigenvalue weighted by Gasteiger charge is -2.23. The molecule has 0 heterocycles. The zero-order valence-corrected chi connectivity index (χ0v) is 8.40. The summed E-state index contributed by atoms with van der Waals surface area (Å²) >= 11 is 0. The van der Waals surface area contributed by atoms with Crippen LogP contribution in [0.3, 0.4) is 0 Å². The predicted molar refractivity (Wildman–Crippen MR) is 55.1 cm³/mol. The van der Waals surface area contributed by atoms with Crippen molar-refractivity contribution < 1.29 is 0 Å². The van der Waals surface area contributed by atoms with Crippen molar-refractivity contribution in [2.45, 2.75) is 46.0 Å². The van der Waals surface area contributed by atoms with Crippen molar-refractivity contribution in [3.63, 3.8) is 0 Å². The minimum Gasteiger partial charge on any atom is -0.103 e. The lowest BCUT2D eigenvalue weighted by molar-refractivity contribution is 0.411. The van der Waals surface area contributed by atoms with Gasteiger partial charge in [-0.15, -0.1) is 6.58 Å². The molecule has 0 saturated heterocycles. The number of rotatable bonds is 2. The summed E-state index contributed by atoms with van der Waals surface area (Å²) in [7, 11) is 0. The molecule has 12 heavy (non-hydrogen) atoms. The molecule has 1 aliphatic rings. The molecule has 0 amide bonds. The van der Waals surface area contributed by atoms with Crippen LogP contribution >= 0.6 is 0 Å². The summed E-state index contributed by atoms with van der Waals surface area (Å²) in [6.07, 6.45) is 8.72. The van der Waals surface area contributed by atoms with Crippen LogP contribution in [0.4, 0.5) is 0 Å². The van der Waals surface area contributed by atoms with Gasteiger partial charge in [-0.25, -0.2) is 0 Å². The van der Waals surface area contributed by atoms with E-state index in [0.717, 1.165) is 5.92 Å². The summed E-state index contributed by atoms with van der Waals surface area (Å²) in [5.41, 5.74) is 3.25. The predicted octanol–water partition coefficient (Wildman–Crippen LogP) is 4.09. The van der Waals surface area contributed by atoms with Crippen LogP contribution < -0.4 is 0 Å². The first-order valence-electron chi connectivity index (χ1n) is 5.00. The average Bonchev–Trinajstić information content (AvgIpc) is 2.06. The highest BCUT2D eigenvalue weighted by atomic mass is 14.2. The summed E-state index contributed by atoms with van der Waals surface area (Å²) in [5.74, 6) is 0.922. The maximum Gasteiger partial charge on any atom is -0.0315 e. The van der Waals surface area contributed by atoms with Crippen molar-refractivity contribution in [3.05, 3.63) is 23.8 Å². The van der Waals surface area contributed by atoms with Crippen LogP contribution in [0.15, 0.2) is 23.8 Å². The van der Waals surface area contributed by atoms with Crippen LogP contribution in [0.2, 0.25) is 0 Å². The molecular formula is C12H20. The molecule has 0 bridgehead atoms. The molecule has 0 radical (unpaired) electrons. The van der Waals surface area contributed by atoms with Gasteiger partial charge in [0.2, 0.25) is 0 Å². The van der Waals surface area contributed by atoms with Crippen molar-refractivity contribution in [2.24, 2.45) is 5.92 Å². The monoisotopic (exact) mass is 164 g/mol. The smallest absolute Gasteiger partial charge is 0.0315 e. The van der Waals surface area contributed by atoms with Gasteiger partial charge in [0.1, 0.15) is 0 Å². The average molecular weight is 164 g/mol. The highest BCUT2D eigenvalue weighted by Gasteiger charge is 2.15. The summed E-state index contributed by atoms with van der Waals surface area (Å²) in [6, 6.07) is 0. The summed E-state index contributed by atoms with van der Waals surface area (Å²) in [4.78, 5) is 0. The topological polar surface area (TPSA) is 0 Å². The molecule has 0 N–H and O–H groups in total. The van der Waals surface area contributed by atoms with Gasteiger partial charge < -0.3 is 0 Å². The minimum absolute atomic E-state index is 0.922. The van der Waals surface area contributed by atoms with E-state index < -0.39 is 0 Å². The molecule has 0 unspecified atom stereocenters. The molecule has 0 heteroatoms. The van der Waals surface area contributed by atoms with Crippen molar-refractivity contribution >= 4 is 0 Å². The summed E-state index contributed by atoms with van der Waals surface area (Å²) in [5, 5.41) is 0. The van der Waals surface area contributed by atoms with E-state index in [2.05, 4.69) is 26.5 Å². The second kappa shape index (κ2) is 4.49. The van der Waals surface area contributed by atoms with Gasteiger partial charge in [-0.3, -0.25) is 0 Å². The van der Waals surface area contributed by atoms with Gasteiger partial charge in [0, 0.05) is 0 Å². The van der Waals surface area contributed by atoms with Gasteiger partial charge in [0.15, 0.2) is 0 Å². The normalized spacial score (nSPS) is 23.8. The maximum absolute atomic E-state index is 3.80. The fourth-order valence-corrected chi connectivity index (χ4v) is 2.00. The molecule has 0 aromatic rings. The second-order valence-electron chi connectivity index (χ2n) is 4.07. The minimum atomic E-state index is 0.922. The van der Waals surface area contributed by atoms with Crippen LogP contribution in [-0.2, 0) is 0 Å². The van der Waals surface area contributed by atoms with Crippen LogP contribution in [-0.4, -0.2) is 0 Å². The molecule has 0 aliphatic heterocycles. The van der Waals surface area contributed by atoms with Gasteiger partial charge in [0.05, 0.1) is 0 Å². The zero-order valence-electron chi connectivity index (χ0n) is 8.40. The molecule has 0 nitrogen and oxygen atoms in total. The number of hydrogen-bond donors (Lipinski definition) is 0. The fraction of sp³-hybridized carbons (Fsp3) is 0.667. The van der Waals surface area contributed by atoms with Crippen molar-refractivity contribution in [2.75, 3.05) is 0 Å². The largest absolute Gasteiger partial charge is 0.103 e. The molecule has 0 aromatic heterocycles. The molecule has 68 valence electrons. The van der Waals surface area contributed by atoms with Crippen molar-refractivity contribution in [3.8, 4) is 0 Å². The Morgan fingerprint density at radius 3 is 2.42 bits per heavy atom. The van der Waals surface area contributed by atoms with Crippen LogP contribution in [0.1, 0.15) is 46.0 Å². The number of allylic oxidation sites excluding steroid dienone is 3. The Balaban J connectivity index is 2.39. The Morgan fingerprint density at radius 2 is 2.00 bits per heavy atom. The van der Waals surface area contributed by atoms with E-state index in [1.807, 2.05) is 0 Å². The van der Waals surface area contributed by atoms with E-state index in [-0.39, 0.29) is 0 Å². The van der Waals surface area contributed by atoms with E-state index in [9.17, 15) is 0 Å². The Labute approximate surface area is 76.4 Å². The highest BCUT2D eigenvalue weighted by molar-refractivity contribution is 5.12. The molecule has 1 fully saturated rings. The quantitative estimate of drug-likeness (QED) is 0.539. The first-order chi connectivity index (χ1) is 5.74. The van der Waals surface area contributed by atoms with Crippen molar-refractivity contribution in [1.29, 1.82) is 0 Å². The Morgan fingerprint density at radius 1 is 1.42 bits per heavy atom. The maximum atomic E-state index is 3.80. The third-order valence-electron chi connectivity index (χ3n) is 2.92. The van der Waals surface area contributed by atoms with Gasteiger partial charge in [-0.2, -0.15) is 0 Å². The first kappa shape index (κ1) is 9.57. The van der Waals surface area contributed by atoms with E-state index in [1.165, 1.54) is 32.1 Å². The molecule has 1 rings (SSSR count). The molecule has 1 aliphatic carbocycles. The van der Waals surface area contributed by atoms with Gasteiger partial charge in [0.25, 0.3) is 0 Å². The van der Waals surface area contributed by atoms with Gasteiger partial charge in [-0.1, -0.05) is 17.2 Å². The second-order valence-corrected chi connectivity index (χ2v) is 4.07. The zero-order chi connectivity index (χ0) is 8.97. The SMILES string of the molecule is C=CCC1CCC(=C(C)C)CC1. The first-order valence-corrected chi connectivity index (χ1v) is 5.00. The molecule has 0 spiro atoms. The van der Waals surface area contributed by atoms with E-state index in [1.54, 1.807) is 11.1 Å². The fourth-order valence-electron chi connectivity index (χ4n) is 2.00. The van der Waals surface area contributed by atoms with Crippen LogP contribution in [0.5, 0.6) is 0 Å². The molecule has 0 atom stereocenters. The lowest BCUT2D eigenvalue weighted by Crippen LogP contribution is -2.07. The highest BCUT2D eigenvalue weighted by Crippen LogP contribution is 2.31. The van der Waals surface area contributed by atoms with Gasteiger partial charge in [-0.05, 0) is 51.9 Å². The summed E-state index contributed by atoms with van der Waals surface area (Å²) < 4.78 is 0. The third kappa shape index (κ3) is 2.51. The van der Waals surface area contributed by atoms with Crippen LogP contribution in [0, 0.1) is 5.92 Å². The van der Waals surface area contributed by atoms with E-state index in [0.29, 0.717) is 0 Å². The van der Waals surface area contributed by atoms with Crippen molar-refractivity contribution in [1.82, 2.24) is 0 Å². The Kier molecular flexibility index (Phi) is 3.58. The van der Waals surface area contributed by atoms with E-state index >= 15 is 0 Å². The number of hydrogen-bond acceptors (Lipinski definition) is 0. The summed E-state index contributed by atoms with van der Waals surface area (Å²) in [6.45, 7) is 8.28. The Bertz CT molecular complexity index is 172.